The summed E-state index contributed by atoms with van der Waals surface area (Å²) in [6, 6.07) is 13.8. The number of carbonyl (C=O) groups is 2. The molecule has 0 atom stereocenters. The van der Waals surface area contributed by atoms with Gasteiger partial charge in [-0.25, -0.2) is 9.97 Å². The molecule has 2 heterocycles. The first-order valence-corrected chi connectivity index (χ1v) is 11.3. The van der Waals surface area contributed by atoms with E-state index in [0.29, 0.717) is 38.2 Å². The third-order valence-electron chi connectivity index (χ3n) is 6.21. The Kier molecular flexibility index (Phi) is 6.49. The number of rotatable bonds is 4. The SMILES string of the molecule is Cc1ccc(CCC(=O)N2CCCN(C(=O)c3ccc4nc(C)c(C)nc4c3)CC2)cc1. The molecule has 2 aromatic carbocycles. The van der Waals surface area contributed by atoms with E-state index >= 15 is 0 Å². The fraction of sp³-hybridized carbons (Fsp3) is 0.385. The van der Waals surface area contributed by atoms with Crippen molar-refractivity contribution in [2.75, 3.05) is 26.2 Å². The number of fused-ring (bicyclic) bond motifs is 1. The van der Waals surface area contributed by atoms with Crippen molar-refractivity contribution < 1.29 is 9.59 Å². The first kappa shape index (κ1) is 21.9. The van der Waals surface area contributed by atoms with Gasteiger partial charge in [0.15, 0.2) is 0 Å². The van der Waals surface area contributed by atoms with Gasteiger partial charge in [-0.05, 0) is 57.4 Å². The minimum Gasteiger partial charge on any atom is -0.341 e. The molecule has 4 rings (SSSR count). The summed E-state index contributed by atoms with van der Waals surface area (Å²) in [6.07, 6.45) is 2.03. The molecule has 6 nitrogen and oxygen atoms in total. The lowest BCUT2D eigenvalue weighted by Crippen LogP contribution is -2.37. The fourth-order valence-electron chi connectivity index (χ4n) is 4.08. The highest BCUT2D eigenvalue weighted by Crippen LogP contribution is 2.17. The summed E-state index contributed by atoms with van der Waals surface area (Å²) >= 11 is 0. The summed E-state index contributed by atoms with van der Waals surface area (Å²) in [6.45, 7) is 8.39. The molecule has 1 aromatic heterocycles. The molecule has 6 heteroatoms. The molecule has 0 bridgehead atoms. The predicted octanol–water partition coefficient (Wildman–Crippen LogP) is 3.86. The van der Waals surface area contributed by atoms with Crippen molar-refractivity contribution in [3.05, 3.63) is 70.5 Å². The van der Waals surface area contributed by atoms with E-state index in [1.165, 1.54) is 11.1 Å². The van der Waals surface area contributed by atoms with Crippen LogP contribution in [0.15, 0.2) is 42.5 Å². The average Bonchev–Trinajstić information content (AvgIpc) is 3.05. The molecule has 1 aliphatic heterocycles. The van der Waals surface area contributed by atoms with E-state index in [4.69, 9.17) is 0 Å². The second-order valence-electron chi connectivity index (χ2n) is 8.61. The minimum atomic E-state index is -0.0131. The number of hydrogen-bond donors (Lipinski definition) is 0. The molecule has 1 aliphatic rings. The molecule has 1 fully saturated rings. The molecule has 0 saturated carbocycles. The van der Waals surface area contributed by atoms with Crippen LogP contribution in [0.25, 0.3) is 11.0 Å². The Morgan fingerprint density at radius 1 is 0.812 bits per heavy atom. The fourth-order valence-corrected chi connectivity index (χ4v) is 4.08. The van der Waals surface area contributed by atoms with Gasteiger partial charge in [-0.2, -0.15) is 0 Å². The molecule has 0 unspecified atom stereocenters. The van der Waals surface area contributed by atoms with Gasteiger partial charge in [0.1, 0.15) is 0 Å². The van der Waals surface area contributed by atoms with Crippen molar-refractivity contribution in [1.82, 2.24) is 19.8 Å². The summed E-state index contributed by atoms with van der Waals surface area (Å²) in [7, 11) is 0. The lowest BCUT2D eigenvalue weighted by atomic mass is 10.1. The molecule has 32 heavy (non-hydrogen) atoms. The van der Waals surface area contributed by atoms with Gasteiger partial charge in [0.05, 0.1) is 22.4 Å². The van der Waals surface area contributed by atoms with Crippen molar-refractivity contribution in [1.29, 1.82) is 0 Å². The van der Waals surface area contributed by atoms with Crippen molar-refractivity contribution in [3.63, 3.8) is 0 Å². The maximum absolute atomic E-state index is 13.1. The monoisotopic (exact) mass is 430 g/mol. The van der Waals surface area contributed by atoms with E-state index in [1.54, 1.807) is 0 Å². The molecular weight excluding hydrogens is 400 g/mol. The van der Waals surface area contributed by atoms with E-state index in [0.717, 1.165) is 35.3 Å². The van der Waals surface area contributed by atoms with Crippen LogP contribution in [0.3, 0.4) is 0 Å². The van der Waals surface area contributed by atoms with Gasteiger partial charge in [0.25, 0.3) is 5.91 Å². The number of aromatic nitrogens is 2. The van der Waals surface area contributed by atoms with Crippen LogP contribution in [0.5, 0.6) is 0 Å². The summed E-state index contributed by atoms with van der Waals surface area (Å²) in [4.78, 5) is 38.8. The van der Waals surface area contributed by atoms with Gasteiger partial charge in [-0.3, -0.25) is 9.59 Å². The van der Waals surface area contributed by atoms with Gasteiger partial charge < -0.3 is 9.80 Å². The number of hydrogen-bond acceptors (Lipinski definition) is 4. The van der Waals surface area contributed by atoms with Crippen LogP contribution < -0.4 is 0 Å². The zero-order chi connectivity index (χ0) is 22.7. The average molecular weight is 431 g/mol. The Morgan fingerprint density at radius 3 is 2.22 bits per heavy atom. The first-order valence-electron chi connectivity index (χ1n) is 11.3. The van der Waals surface area contributed by atoms with E-state index in [-0.39, 0.29) is 11.8 Å². The molecule has 1 saturated heterocycles. The quantitative estimate of drug-likeness (QED) is 0.630. The van der Waals surface area contributed by atoms with Gasteiger partial charge in [-0.15, -0.1) is 0 Å². The third kappa shape index (κ3) is 4.96. The minimum absolute atomic E-state index is 0.0131. The summed E-state index contributed by atoms with van der Waals surface area (Å²) in [5.41, 5.74) is 6.33. The number of amides is 2. The van der Waals surface area contributed by atoms with Crippen LogP contribution in [-0.4, -0.2) is 57.8 Å². The van der Waals surface area contributed by atoms with Gasteiger partial charge in [0, 0.05) is 38.2 Å². The first-order chi connectivity index (χ1) is 15.4. The second-order valence-corrected chi connectivity index (χ2v) is 8.61. The van der Waals surface area contributed by atoms with E-state index in [1.807, 2.05) is 41.8 Å². The number of benzene rings is 2. The second kappa shape index (κ2) is 9.47. The zero-order valence-electron chi connectivity index (χ0n) is 19.1. The van der Waals surface area contributed by atoms with Gasteiger partial charge >= 0.3 is 0 Å². The highest BCUT2D eigenvalue weighted by atomic mass is 16.2. The van der Waals surface area contributed by atoms with E-state index in [2.05, 4.69) is 41.2 Å². The Labute approximate surface area is 189 Å². The van der Waals surface area contributed by atoms with Crippen LogP contribution in [0.4, 0.5) is 0 Å². The number of nitrogens with zero attached hydrogens (tertiary/aromatic N) is 4. The van der Waals surface area contributed by atoms with E-state index in [9.17, 15) is 9.59 Å². The number of aryl methyl sites for hydroxylation is 4. The Hall–Kier alpha value is -3.28. The largest absolute Gasteiger partial charge is 0.341 e. The zero-order valence-corrected chi connectivity index (χ0v) is 19.1. The maximum atomic E-state index is 13.1. The topological polar surface area (TPSA) is 66.4 Å². The third-order valence-corrected chi connectivity index (χ3v) is 6.21. The molecule has 0 radical (unpaired) electrons. The molecule has 0 N–H and O–H groups in total. The highest BCUT2D eigenvalue weighted by molar-refractivity contribution is 5.97. The van der Waals surface area contributed by atoms with Crippen LogP contribution >= 0.6 is 0 Å². The standard InChI is InChI=1S/C26H30N4O2/c1-18-5-7-21(8-6-18)9-12-25(31)29-13-4-14-30(16-15-29)26(32)22-10-11-23-24(17-22)28-20(3)19(2)27-23/h5-8,10-11,17H,4,9,12-16H2,1-3H3. The molecule has 166 valence electrons. The maximum Gasteiger partial charge on any atom is 0.253 e. The van der Waals surface area contributed by atoms with E-state index < -0.39 is 0 Å². The Balaban J connectivity index is 1.37. The molecule has 0 aliphatic carbocycles. The van der Waals surface area contributed by atoms with Gasteiger partial charge in [-0.1, -0.05) is 29.8 Å². The highest BCUT2D eigenvalue weighted by Gasteiger charge is 2.23. The van der Waals surface area contributed by atoms with Crippen molar-refractivity contribution in [2.45, 2.75) is 40.0 Å². The molecule has 3 aromatic rings. The Morgan fingerprint density at radius 2 is 1.47 bits per heavy atom. The lowest BCUT2D eigenvalue weighted by Gasteiger charge is -2.22. The summed E-state index contributed by atoms with van der Waals surface area (Å²) in [5, 5.41) is 0. The normalized spacial score (nSPS) is 14.5. The smallest absolute Gasteiger partial charge is 0.253 e. The van der Waals surface area contributed by atoms with Crippen LogP contribution in [0.2, 0.25) is 0 Å². The molecule has 2 amide bonds. The predicted molar refractivity (Wildman–Crippen MR) is 126 cm³/mol. The lowest BCUT2D eigenvalue weighted by molar-refractivity contribution is -0.131. The van der Waals surface area contributed by atoms with Crippen LogP contribution in [0, 0.1) is 20.8 Å². The number of carbonyl (C=O) groups excluding carboxylic acids is 2. The van der Waals surface area contributed by atoms with Gasteiger partial charge in [0.2, 0.25) is 5.91 Å². The van der Waals surface area contributed by atoms with Crippen LogP contribution in [-0.2, 0) is 11.2 Å². The summed E-state index contributed by atoms with van der Waals surface area (Å²) < 4.78 is 0. The Bertz CT molecular complexity index is 1140. The molecular formula is C26H30N4O2. The molecule has 0 spiro atoms. The summed E-state index contributed by atoms with van der Waals surface area (Å²) in [5.74, 6) is 0.146. The van der Waals surface area contributed by atoms with Crippen molar-refractivity contribution in [3.8, 4) is 0 Å². The van der Waals surface area contributed by atoms with Crippen molar-refractivity contribution >= 4 is 22.8 Å². The van der Waals surface area contributed by atoms with Crippen LogP contribution in [0.1, 0.15) is 45.7 Å². The van der Waals surface area contributed by atoms with Crippen molar-refractivity contribution in [2.24, 2.45) is 0 Å².